The third-order valence-electron chi connectivity index (χ3n) is 5.97. The van der Waals surface area contributed by atoms with Crippen molar-refractivity contribution in [2.75, 3.05) is 16.8 Å². The summed E-state index contributed by atoms with van der Waals surface area (Å²) < 4.78 is 16.7. The van der Waals surface area contributed by atoms with Crippen molar-refractivity contribution >= 4 is 23.3 Å². The lowest BCUT2D eigenvalue weighted by atomic mass is 10.0. The molecule has 1 N–H and O–H groups in total. The first-order valence-corrected chi connectivity index (χ1v) is 10.0. The number of hydrogen-bond donors (Lipinski definition) is 1. The van der Waals surface area contributed by atoms with E-state index in [0.717, 1.165) is 6.42 Å². The van der Waals surface area contributed by atoms with Crippen LogP contribution in [0.1, 0.15) is 41.0 Å². The summed E-state index contributed by atoms with van der Waals surface area (Å²) in [6.45, 7) is 4.07. The molecular weight excluding hydrogens is 401 g/mol. The lowest BCUT2D eigenvalue weighted by Crippen LogP contribution is -2.30. The van der Waals surface area contributed by atoms with Crippen molar-refractivity contribution in [1.82, 2.24) is 24.7 Å². The fourth-order valence-corrected chi connectivity index (χ4v) is 4.02. The molecule has 1 saturated heterocycles. The second-order valence-corrected chi connectivity index (χ2v) is 7.96. The average molecular weight is 421 g/mol. The minimum Gasteiger partial charge on any atom is -0.318 e. The summed E-state index contributed by atoms with van der Waals surface area (Å²) >= 11 is 0. The number of carbonyl (C=O) groups excluding carboxylic acids is 2. The van der Waals surface area contributed by atoms with E-state index in [0.29, 0.717) is 29.3 Å². The van der Waals surface area contributed by atoms with Gasteiger partial charge in [-0.15, -0.1) is 0 Å². The Kier molecular flexibility index (Phi) is 4.49. The van der Waals surface area contributed by atoms with Gasteiger partial charge in [0.05, 0.1) is 24.1 Å². The molecule has 0 spiro atoms. The number of nitrogens with zero attached hydrogens (tertiary/aromatic N) is 6. The SMILES string of the molecule is Cc1c([C@H](C)n2cc(NC(=O)c3cnccn3)cn2)cnc(N2C[C@H]3C[C@H]3C2=O)c1F. The Morgan fingerprint density at radius 2 is 2.10 bits per heavy atom. The minimum atomic E-state index is -0.484. The van der Waals surface area contributed by atoms with E-state index >= 15 is 4.39 Å². The van der Waals surface area contributed by atoms with Crippen LogP contribution in [0.4, 0.5) is 15.9 Å². The molecule has 0 radical (unpaired) electrons. The summed E-state index contributed by atoms with van der Waals surface area (Å²) in [6, 6.07) is -0.332. The van der Waals surface area contributed by atoms with Gasteiger partial charge in [-0.25, -0.2) is 14.4 Å². The topological polar surface area (TPSA) is 106 Å². The predicted octanol–water partition coefficient (Wildman–Crippen LogP) is 2.36. The van der Waals surface area contributed by atoms with E-state index in [-0.39, 0.29) is 29.4 Å². The molecule has 9 nitrogen and oxygen atoms in total. The van der Waals surface area contributed by atoms with Crippen molar-refractivity contribution in [3.63, 3.8) is 0 Å². The molecule has 10 heteroatoms. The smallest absolute Gasteiger partial charge is 0.275 e. The molecule has 2 aliphatic rings. The second-order valence-electron chi connectivity index (χ2n) is 7.96. The predicted molar refractivity (Wildman–Crippen MR) is 109 cm³/mol. The lowest BCUT2D eigenvalue weighted by molar-refractivity contribution is -0.118. The molecule has 31 heavy (non-hydrogen) atoms. The van der Waals surface area contributed by atoms with Crippen molar-refractivity contribution in [2.24, 2.45) is 11.8 Å². The number of nitrogens with one attached hydrogen (secondary N) is 1. The van der Waals surface area contributed by atoms with Gasteiger partial charge in [0.15, 0.2) is 11.6 Å². The highest BCUT2D eigenvalue weighted by atomic mass is 19.1. The third kappa shape index (κ3) is 3.33. The number of anilines is 2. The molecule has 0 aromatic carbocycles. The van der Waals surface area contributed by atoms with Crippen LogP contribution in [0.3, 0.4) is 0 Å². The molecule has 3 atom stereocenters. The van der Waals surface area contributed by atoms with Crippen LogP contribution >= 0.6 is 0 Å². The maximum atomic E-state index is 15.1. The Balaban J connectivity index is 1.34. The number of fused-ring (bicyclic) bond motifs is 1. The lowest BCUT2D eigenvalue weighted by Gasteiger charge is -2.21. The van der Waals surface area contributed by atoms with E-state index in [9.17, 15) is 9.59 Å². The molecule has 5 rings (SSSR count). The van der Waals surface area contributed by atoms with E-state index in [1.54, 1.807) is 24.0 Å². The third-order valence-corrected chi connectivity index (χ3v) is 5.97. The Hall–Kier alpha value is -3.69. The molecule has 0 unspecified atom stereocenters. The van der Waals surface area contributed by atoms with Gasteiger partial charge >= 0.3 is 0 Å². The first-order valence-electron chi connectivity index (χ1n) is 10.0. The van der Waals surface area contributed by atoms with Crippen molar-refractivity contribution in [3.8, 4) is 0 Å². The molecule has 2 fully saturated rings. The van der Waals surface area contributed by atoms with E-state index in [4.69, 9.17) is 0 Å². The number of carbonyl (C=O) groups is 2. The van der Waals surface area contributed by atoms with Crippen molar-refractivity contribution < 1.29 is 14.0 Å². The van der Waals surface area contributed by atoms with E-state index < -0.39 is 11.7 Å². The van der Waals surface area contributed by atoms with Crippen LogP contribution in [0.5, 0.6) is 0 Å². The van der Waals surface area contributed by atoms with Gasteiger partial charge in [0.2, 0.25) is 5.91 Å². The van der Waals surface area contributed by atoms with Crippen molar-refractivity contribution in [2.45, 2.75) is 26.3 Å². The van der Waals surface area contributed by atoms with Crippen LogP contribution in [0.25, 0.3) is 0 Å². The molecule has 0 bridgehead atoms. The number of piperidine rings is 1. The number of pyridine rings is 1. The van der Waals surface area contributed by atoms with E-state index in [2.05, 4.69) is 25.4 Å². The van der Waals surface area contributed by atoms with Crippen LogP contribution in [-0.4, -0.2) is 43.1 Å². The maximum absolute atomic E-state index is 15.1. The zero-order valence-corrected chi connectivity index (χ0v) is 17.0. The Morgan fingerprint density at radius 1 is 1.26 bits per heavy atom. The van der Waals surface area contributed by atoms with Gasteiger partial charge in [0, 0.05) is 42.8 Å². The molecule has 1 saturated carbocycles. The Bertz CT molecular complexity index is 1180. The van der Waals surface area contributed by atoms with Crippen molar-refractivity contribution in [3.05, 3.63) is 59.8 Å². The zero-order chi connectivity index (χ0) is 21.7. The van der Waals surface area contributed by atoms with Crippen LogP contribution in [0.2, 0.25) is 0 Å². The summed E-state index contributed by atoms with van der Waals surface area (Å²) in [5, 5.41) is 7.00. The summed E-state index contributed by atoms with van der Waals surface area (Å²) in [4.78, 5) is 38.1. The summed E-state index contributed by atoms with van der Waals surface area (Å²) in [7, 11) is 0. The number of hydrogen-bond acceptors (Lipinski definition) is 6. The van der Waals surface area contributed by atoms with Crippen molar-refractivity contribution in [1.29, 1.82) is 0 Å². The molecule has 3 aromatic heterocycles. The Morgan fingerprint density at radius 3 is 2.81 bits per heavy atom. The van der Waals surface area contributed by atoms with Gasteiger partial charge in [-0.2, -0.15) is 5.10 Å². The van der Waals surface area contributed by atoms with E-state index in [1.165, 1.54) is 29.7 Å². The second kappa shape index (κ2) is 7.22. The summed E-state index contributed by atoms with van der Waals surface area (Å²) in [6.07, 6.45) is 9.95. The van der Waals surface area contributed by atoms with Crippen LogP contribution in [-0.2, 0) is 4.79 Å². The average Bonchev–Trinajstić information content (AvgIpc) is 3.28. The largest absolute Gasteiger partial charge is 0.318 e. The highest BCUT2D eigenvalue weighted by molar-refractivity contribution is 6.02. The maximum Gasteiger partial charge on any atom is 0.275 e. The molecule has 2 amide bonds. The Labute approximate surface area is 177 Å². The van der Waals surface area contributed by atoms with Gasteiger partial charge in [-0.1, -0.05) is 0 Å². The van der Waals surface area contributed by atoms with Gasteiger partial charge in [0.25, 0.3) is 5.91 Å². The fraction of sp³-hybridized carbons (Fsp3) is 0.333. The first-order chi connectivity index (χ1) is 14.9. The van der Waals surface area contributed by atoms with Crippen LogP contribution in [0.15, 0.2) is 37.2 Å². The van der Waals surface area contributed by atoms with E-state index in [1.807, 2.05) is 6.92 Å². The zero-order valence-electron chi connectivity index (χ0n) is 17.0. The molecule has 3 aromatic rings. The minimum absolute atomic E-state index is 0.0350. The number of halogens is 1. The number of aromatic nitrogens is 5. The quantitative estimate of drug-likeness (QED) is 0.678. The van der Waals surface area contributed by atoms with Gasteiger partial charge in [-0.05, 0) is 31.7 Å². The number of amides is 2. The molecular formula is C21H20FN7O2. The van der Waals surface area contributed by atoms with Gasteiger partial charge in [-0.3, -0.25) is 24.2 Å². The standard InChI is InChI=1S/C21H20FN7O2/c1-11-16(7-25-19(18(11)22)28-9-13-5-15(13)21(28)31)12(2)29-10-14(6-26-29)27-20(30)17-8-23-3-4-24-17/h3-4,6-8,10,12-13,15H,5,9H2,1-2H3,(H,27,30)/t12-,13+,15+/m0/s1. The highest BCUT2D eigenvalue weighted by Gasteiger charge is 2.53. The fourth-order valence-electron chi connectivity index (χ4n) is 4.02. The van der Waals surface area contributed by atoms with Crippen LogP contribution in [0, 0.1) is 24.6 Å². The van der Waals surface area contributed by atoms with Gasteiger partial charge < -0.3 is 5.32 Å². The first kappa shape index (κ1) is 19.3. The monoisotopic (exact) mass is 421 g/mol. The summed E-state index contributed by atoms with van der Waals surface area (Å²) in [5.74, 6) is -0.439. The van der Waals surface area contributed by atoms with Gasteiger partial charge in [0.1, 0.15) is 5.69 Å². The number of rotatable bonds is 5. The molecule has 1 aliphatic heterocycles. The molecule has 1 aliphatic carbocycles. The molecule has 158 valence electrons. The summed E-state index contributed by atoms with van der Waals surface area (Å²) in [5.41, 5.74) is 1.74. The van der Waals surface area contributed by atoms with Crippen LogP contribution < -0.4 is 10.2 Å². The normalized spacial score (nSPS) is 20.5. The molecule has 4 heterocycles. The highest BCUT2D eigenvalue weighted by Crippen LogP contribution is 2.47.